The summed E-state index contributed by atoms with van der Waals surface area (Å²) in [6, 6.07) is 0. The van der Waals surface area contributed by atoms with Crippen LogP contribution in [0.15, 0.2) is 8.68 Å². The Morgan fingerprint density at radius 3 is 2.76 bits per heavy atom. The summed E-state index contributed by atoms with van der Waals surface area (Å²) in [5.74, 6) is 5.91. The Bertz CT molecular complexity index is 345. The standard InChI is InChI=1S/C9H16N4OS3/c1-15-8-12-13-9(17-8)16-6-4-2-3-5-7(14)11-10/h2-6,10H2,1H3,(H,11,14). The third kappa shape index (κ3) is 6.25. The van der Waals surface area contributed by atoms with Crippen LogP contribution in [0.25, 0.3) is 0 Å². The molecule has 1 aromatic rings. The molecule has 0 radical (unpaired) electrons. The van der Waals surface area contributed by atoms with E-state index in [2.05, 4.69) is 15.6 Å². The van der Waals surface area contributed by atoms with Crippen LogP contribution in [0.4, 0.5) is 0 Å². The van der Waals surface area contributed by atoms with Crippen molar-refractivity contribution in [2.75, 3.05) is 12.0 Å². The van der Waals surface area contributed by atoms with E-state index in [1.807, 2.05) is 6.26 Å². The van der Waals surface area contributed by atoms with Crippen molar-refractivity contribution in [2.45, 2.75) is 34.4 Å². The van der Waals surface area contributed by atoms with Gasteiger partial charge in [-0.2, -0.15) is 0 Å². The summed E-state index contributed by atoms with van der Waals surface area (Å²) in [4.78, 5) is 10.8. The number of thioether (sulfide) groups is 2. The molecule has 1 amide bonds. The van der Waals surface area contributed by atoms with Crippen molar-refractivity contribution in [3.05, 3.63) is 0 Å². The van der Waals surface area contributed by atoms with E-state index >= 15 is 0 Å². The van der Waals surface area contributed by atoms with Gasteiger partial charge in [-0.15, -0.1) is 10.2 Å². The van der Waals surface area contributed by atoms with Crippen molar-refractivity contribution in [3.8, 4) is 0 Å². The lowest BCUT2D eigenvalue weighted by Gasteiger charge is -1.99. The Labute approximate surface area is 113 Å². The molecule has 1 heterocycles. The highest BCUT2D eigenvalue weighted by Gasteiger charge is 2.03. The lowest BCUT2D eigenvalue weighted by atomic mass is 10.2. The molecule has 0 saturated heterocycles. The molecule has 1 rings (SSSR count). The maximum Gasteiger partial charge on any atom is 0.233 e. The van der Waals surface area contributed by atoms with Gasteiger partial charge in [-0.1, -0.05) is 41.3 Å². The maximum absolute atomic E-state index is 10.8. The third-order valence-corrected chi connectivity index (χ3v) is 5.12. The zero-order valence-corrected chi connectivity index (χ0v) is 12.1. The monoisotopic (exact) mass is 292 g/mol. The minimum Gasteiger partial charge on any atom is -0.294 e. The molecular formula is C9H16N4OS3. The largest absolute Gasteiger partial charge is 0.294 e. The van der Waals surface area contributed by atoms with Crippen LogP contribution >= 0.6 is 34.9 Å². The maximum atomic E-state index is 10.8. The average molecular weight is 292 g/mol. The van der Waals surface area contributed by atoms with E-state index in [-0.39, 0.29) is 5.91 Å². The molecule has 0 spiro atoms. The van der Waals surface area contributed by atoms with Crippen LogP contribution in [0, 0.1) is 0 Å². The Kier molecular flexibility index (Phi) is 7.58. The van der Waals surface area contributed by atoms with E-state index in [1.54, 1.807) is 34.9 Å². The van der Waals surface area contributed by atoms with Crippen molar-refractivity contribution in [2.24, 2.45) is 5.84 Å². The predicted molar refractivity (Wildman–Crippen MR) is 73.2 cm³/mol. The van der Waals surface area contributed by atoms with Gasteiger partial charge in [0.25, 0.3) is 0 Å². The third-order valence-electron chi connectivity index (χ3n) is 2.00. The highest BCUT2D eigenvalue weighted by Crippen LogP contribution is 2.27. The van der Waals surface area contributed by atoms with Crippen LogP contribution in [0.2, 0.25) is 0 Å². The second-order valence-corrected chi connectivity index (χ2v) is 6.64. The summed E-state index contributed by atoms with van der Waals surface area (Å²) < 4.78 is 2.03. The van der Waals surface area contributed by atoms with Gasteiger partial charge < -0.3 is 0 Å². The Morgan fingerprint density at radius 2 is 2.12 bits per heavy atom. The van der Waals surface area contributed by atoms with E-state index in [9.17, 15) is 4.79 Å². The van der Waals surface area contributed by atoms with Crippen LogP contribution < -0.4 is 11.3 Å². The topological polar surface area (TPSA) is 80.9 Å². The molecule has 0 aromatic carbocycles. The summed E-state index contributed by atoms with van der Waals surface area (Å²) in [5, 5.41) is 8.10. The van der Waals surface area contributed by atoms with Gasteiger partial charge in [-0.25, -0.2) is 5.84 Å². The highest BCUT2D eigenvalue weighted by atomic mass is 32.2. The van der Waals surface area contributed by atoms with Gasteiger partial charge >= 0.3 is 0 Å². The average Bonchev–Trinajstić information content (AvgIpc) is 2.81. The fourth-order valence-electron chi connectivity index (χ4n) is 1.13. The van der Waals surface area contributed by atoms with Crippen LogP contribution in [0.3, 0.4) is 0 Å². The number of unbranched alkanes of at least 4 members (excludes halogenated alkanes) is 2. The summed E-state index contributed by atoms with van der Waals surface area (Å²) in [5.41, 5.74) is 2.13. The number of amides is 1. The molecule has 0 atom stereocenters. The van der Waals surface area contributed by atoms with Crippen molar-refractivity contribution in [1.82, 2.24) is 15.6 Å². The summed E-state index contributed by atoms with van der Waals surface area (Å²) in [7, 11) is 0. The Morgan fingerprint density at radius 1 is 1.35 bits per heavy atom. The first-order valence-electron chi connectivity index (χ1n) is 5.26. The smallest absolute Gasteiger partial charge is 0.233 e. The molecule has 0 unspecified atom stereocenters. The van der Waals surface area contributed by atoms with Gasteiger partial charge in [0.15, 0.2) is 8.68 Å². The van der Waals surface area contributed by atoms with Gasteiger partial charge in [0, 0.05) is 12.2 Å². The molecule has 1 aromatic heterocycles. The van der Waals surface area contributed by atoms with Crippen LogP contribution in [0.1, 0.15) is 25.7 Å². The number of hydrazine groups is 1. The molecule has 0 aliphatic heterocycles. The number of nitrogens with two attached hydrogens (primary N) is 1. The quantitative estimate of drug-likeness (QED) is 0.250. The Balaban J connectivity index is 2.02. The number of carbonyl (C=O) groups is 1. The van der Waals surface area contributed by atoms with Crippen molar-refractivity contribution >= 4 is 40.8 Å². The van der Waals surface area contributed by atoms with Gasteiger partial charge in [0.1, 0.15) is 0 Å². The van der Waals surface area contributed by atoms with Gasteiger partial charge in [0.05, 0.1) is 0 Å². The molecule has 0 aliphatic carbocycles. The van der Waals surface area contributed by atoms with Gasteiger partial charge in [0.2, 0.25) is 5.91 Å². The lowest BCUT2D eigenvalue weighted by Crippen LogP contribution is -2.29. The number of nitrogens with one attached hydrogen (secondary N) is 1. The number of aromatic nitrogens is 2. The first kappa shape index (κ1) is 14.7. The number of rotatable bonds is 8. The number of nitrogens with zero attached hydrogens (tertiary/aromatic N) is 2. The summed E-state index contributed by atoms with van der Waals surface area (Å²) >= 11 is 4.97. The number of hydrogen-bond acceptors (Lipinski definition) is 7. The molecule has 8 heteroatoms. The lowest BCUT2D eigenvalue weighted by molar-refractivity contribution is -0.121. The summed E-state index contributed by atoms with van der Waals surface area (Å²) in [6.45, 7) is 0. The fraction of sp³-hybridized carbons (Fsp3) is 0.667. The van der Waals surface area contributed by atoms with E-state index in [0.717, 1.165) is 33.7 Å². The molecule has 3 N–H and O–H groups in total. The van der Waals surface area contributed by atoms with Gasteiger partial charge in [-0.3, -0.25) is 10.2 Å². The zero-order valence-electron chi connectivity index (χ0n) is 9.64. The molecule has 17 heavy (non-hydrogen) atoms. The first-order chi connectivity index (χ1) is 8.26. The van der Waals surface area contributed by atoms with E-state index in [0.29, 0.717) is 6.42 Å². The molecule has 0 saturated carbocycles. The van der Waals surface area contributed by atoms with Crippen LogP contribution in [0.5, 0.6) is 0 Å². The molecule has 96 valence electrons. The molecule has 0 fully saturated rings. The van der Waals surface area contributed by atoms with E-state index in [4.69, 9.17) is 5.84 Å². The minimum atomic E-state index is -0.0913. The van der Waals surface area contributed by atoms with Crippen LogP contribution in [-0.2, 0) is 4.79 Å². The van der Waals surface area contributed by atoms with E-state index < -0.39 is 0 Å². The molecule has 5 nitrogen and oxygen atoms in total. The SMILES string of the molecule is CSc1nnc(SCCCCCC(=O)NN)s1. The van der Waals surface area contributed by atoms with Crippen LogP contribution in [-0.4, -0.2) is 28.1 Å². The number of hydrogen-bond donors (Lipinski definition) is 2. The molecule has 0 aliphatic rings. The second kappa shape index (κ2) is 8.73. The van der Waals surface area contributed by atoms with Gasteiger partial charge in [-0.05, 0) is 19.1 Å². The highest BCUT2D eigenvalue weighted by molar-refractivity contribution is 8.02. The molecule has 0 bridgehead atoms. The zero-order chi connectivity index (χ0) is 12.5. The molecular weight excluding hydrogens is 276 g/mol. The number of carbonyl (C=O) groups excluding carboxylic acids is 1. The fourth-order valence-corrected chi connectivity index (χ4v) is 3.64. The Hall–Kier alpha value is -0.310. The minimum absolute atomic E-state index is 0.0913. The van der Waals surface area contributed by atoms with Crippen molar-refractivity contribution in [3.63, 3.8) is 0 Å². The first-order valence-corrected chi connectivity index (χ1v) is 8.28. The predicted octanol–water partition coefficient (Wildman–Crippen LogP) is 1.90. The normalized spacial score (nSPS) is 10.5. The van der Waals surface area contributed by atoms with Crippen molar-refractivity contribution < 1.29 is 4.79 Å². The summed E-state index contributed by atoms with van der Waals surface area (Å²) in [6.07, 6.45) is 5.51. The van der Waals surface area contributed by atoms with Crippen molar-refractivity contribution in [1.29, 1.82) is 0 Å². The second-order valence-electron chi connectivity index (χ2n) is 3.26. The van der Waals surface area contributed by atoms with E-state index in [1.165, 1.54) is 0 Å².